The minimum Gasteiger partial charge on any atom is -0.478 e. The molecule has 19 heavy (non-hydrogen) atoms. The molecule has 0 heterocycles. The van der Waals surface area contributed by atoms with E-state index in [9.17, 15) is 4.79 Å². The molecule has 2 nitrogen and oxygen atoms in total. The van der Waals surface area contributed by atoms with Crippen LogP contribution in [-0.2, 0) is 4.79 Å². The van der Waals surface area contributed by atoms with Crippen molar-refractivity contribution in [2.45, 2.75) is 45.4 Å². The quantitative estimate of drug-likeness (QED) is 0.791. The summed E-state index contributed by atoms with van der Waals surface area (Å²) in [4.78, 5) is 11.0. The van der Waals surface area contributed by atoms with Gasteiger partial charge in [-0.2, -0.15) is 0 Å². The summed E-state index contributed by atoms with van der Waals surface area (Å²) in [7, 11) is 0. The molecule has 0 aromatic heterocycles. The lowest BCUT2D eigenvalue weighted by atomic mass is 9.76. The maximum atomic E-state index is 11.0. The normalized spacial score (nSPS) is 17.9. The smallest absolute Gasteiger partial charge is 0.328 e. The van der Waals surface area contributed by atoms with Gasteiger partial charge in [0, 0.05) is 6.08 Å². The molecule has 0 aliphatic heterocycles. The van der Waals surface area contributed by atoms with Gasteiger partial charge in [0.05, 0.1) is 0 Å². The predicted octanol–water partition coefficient (Wildman–Crippen LogP) is 4.47. The van der Waals surface area contributed by atoms with Crippen molar-refractivity contribution in [3.63, 3.8) is 0 Å². The Bertz CT molecular complexity index is 467. The molecule has 102 valence electrons. The summed E-state index contributed by atoms with van der Waals surface area (Å²) >= 11 is 0. The highest BCUT2D eigenvalue weighted by Gasteiger charge is 2.23. The van der Waals surface area contributed by atoms with Crippen LogP contribution in [0, 0.1) is 5.92 Å². The van der Waals surface area contributed by atoms with E-state index in [1.807, 2.05) is 0 Å². The molecule has 0 bridgehead atoms. The van der Waals surface area contributed by atoms with Crippen LogP contribution in [0.5, 0.6) is 0 Å². The molecule has 1 aliphatic carbocycles. The number of hydrogen-bond acceptors (Lipinski definition) is 1. The van der Waals surface area contributed by atoms with Crippen LogP contribution >= 0.6 is 0 Å². The second kappa shape index (κ2) is 6.05. The number of allylic oxidation sites excluding steroid dienone is 1. The largest absolute Gasteiger partial charge is 0.478 e. The Hall–Kier alpha value is -1.57. The standard InChI is InChI=1S/C17H22O2/c1-3-12(2)13-7-9-15(10-8-13)16(11-17(18)19)14-5-4-6-14/h7-12,14H,3-6H2,1-2H3,(H,18,19)/b16-11+. The van der Waals surface area contributed by atoms with E-state index in [1.165, 1.54) is 18.1 Å². The van der Waals surface area contributed by atoms with E-state index in [2.05, 4.69) is 38.1 Å². The Morgan fingerprint density at radius 1 is 1.37 bits per heavy atom. The Labute approximate surface area is 115 Å². The van der Waals surface area contributed by atoms with Gasteiger partial charge in [0.25, 0.3) is 0 Å². The third-order valence-corrected chi connectivity index (χ3v) is 4.25. The first kappa shape index (κ1) is 13.9. The van der Waals surface area contributed by atoms with Gasteiger partial charge in [-0.25, -0.2) is 4.79 Å². The first-order valence-corrected chi connectivity index (χ1v) is 7.16. The van der Waals surface area contributed by atoms with Crippen molar-refractivity contribution in [2.24, 2.45) is 5.92 Å². The predicted molar refractivity (Wildman–Crippen MR) is 78.1 cm³/mol. The van der Waals surface area contributed by atoms with Gasteiger partial charge in [0.1, 0.15) is 0 Å². The molecule has 1 aromatic rings. The molecule has 2 rings (SSSR count). The molecule has 0 radical (unpaired) electrons. The summed E-state index contributed by atoms with van der Waals surface area (Å²) in [5.74, 6) is 0.156. The number of hydrogen-bond donors (Lipinski definition) is 1. The van der Waals surface area contributed by atoms with Gasteiger partial charge >= 0.3 is 5.97 Å². The lowest BCUT2D eigenvalue weighted by molar-refractivity contribution is -0.131. The molecule has 1 saturated carbocycles. The van der Waals surface area contributed by atoms with Crippen molar-refractivity contribution in [1.82, 2.24) is 0 Å². The fourth-order valence-electron chi connectivity index (χ4n) is 2.53. The molecule has 2 heteroatoms. The van der Waals surface area contributed by atoms with Crippen molar-refractivity contribution in [3.05, 3.63) is 41.5 Å². The lowest BCUT2D eigenvalue weighted by Crippen LogP contribution is -2.14. The van der Waals surface area contributed by atoms with E-state index in [0.29, 0.717) is 11.8 Å². The molecule has 1 atom stereocenters. The number of rotatable bonds is 5. The maximum Gasteiger partial charge on any atom is 0.328 e. The van der Waals surface area contributed by atoms with Crippen LogP contribution in [0.2, 0.25) is 0 Å². The van der Waals surface area contributed by atoms with Crippen LogP contribution in [0.25, 0.3) is 5.57 Å². The molecule has 1 unspecified atom stereocenters. The third-order valence-electron chi connectivity index (χ3n) is 4.25. The lowest BCUT2D eigenvalue weighted by Gasteiger charge is -2.28. The van der Waals surface area contributed by atoms with Crippen molar-refractivity contribution < 1.29 is 9.90 Å². The maximum absolute atomic E-state index is 11.0. The highest BCUT2D eigenvalue weighted by Crippen LogP contribution is 2.38. The minimum absolute atomic E-state index is 0.436. The number of benzene rings is 1. The summed E-state index contributed by atoms with van der Waals surface area (Å²) in [6.07, 6.45) is 5.97. The van der Waals surface area contributed by atoms with E-state index in [-0.39, 0.29) is 0 Å². The SMILES string of the molecule is CCC(C)c1ccc(/C(=C/C(=O)O)C2CCC2)cc1. The summed E-state index contributed by atoms with van der Waals surface area (Å²) in [6.45, 7) is 4.40. The van der Waals surface area contributed by atoms with Crippen LogP contribution in [0.15, 0.2) is 30.3 Å². The zero-order chi connectivity index (χ0) is 13.8. The first-order chi connectivity index (χ1) is 9.11. The van der Waals surface area contributed by atoms with Crippen LogP contribution in [0.4, 0.5) is 0 Å². The molecule has 0 amide bonds. The average Bonchev–Trinajstić information content (AvgIpc) is 2.34. The highest BCUT2D eigenvalue weighted by atomic mass is 16.4. The summed E-state index contributed by atoms with van der Waals surface area (Å²) in [6, 6.07) is 8.43. The van der Waals surface area contributed by atoms with Crippen molar-refractivity contribution >= 4 is 11.5 Å². The number of carbonyl (C=O) groups is 1. The van der Waals surface area contributed by atoms with Crippen LogP contribution in [0.3, 0.4) is 0 Å². The third kappa shape index (κ3) is 3.25. The molecule has 1 fully saturated rings. The number of carboxylic acid groups (broad SMARTS) is 1. The Morgan fingerprint density at radius 2 is 2.00 bits per heavy atom. The summed E-state index contributed by atoms with van der Waals surface area (Å²) in [5, 5.41) is 9.02. The molecule has 1 N–H and O–H groups in total. The molecule has 1 aliphatic rings. The fraction of sp³-hybridized carbons (Fsp3) is 0.471. The Morgan fingerprint density at radius 3 is 2.42 bits per heavy atom. The Kier molecular flexibility index (Phi) is 4.41. The second-order valence-electron chi connectivity index (χ2n) is 5.50. The van der Waals surface area contributed by atoms with E-state index in [0.717, 1.165) is 30.4 Å². The Balaban J connectivity index is 2.24. The van der Waals surface area contributed by atoms with E-state index in [1.54, 1.807) is 0 Å². The van der Waals surface area contributed by atoms with Gasteiger partial charge in [0.15, 0.2) is 0 Å². The zero-order valence-corrected chi connectivity index (χ0v) is 11.7. The van der Waals surface area contributed by atoms with E-state index >= 15 is 0 Å². The van der Waals surface area contributed by atoms with E-state index in [4.69, 9.17) is 5.11 Å². The molecular weight excluding hydrogens is 236 g/mol. The van der Waals surface area contributed by atoms with Gasteiger partial charge < -0.3 is 5.11 Å². The van der Waals surface area contributed by atoms with E-state index < -0.39 is 5.97 Å². The summed E-state index contributed by atoms with van der Waals surface area (Å²) in [5.41, 5.74) is 3.39. The molecule has 0 spiro atoms. The van der Waals surface area contributed by atoms with Gasteiger partial charge in [-0.05, 0) is 47.8 Å². The van der Waals surface area contributed by atoms with Crippen molar-refractivity contribution in [3.8, 4) is 0 Å². The molecule has 1 aromatic carbocycles. The van der Waals surface area contributed by atoms with Crippen molar-refractivity contribution in [1.29, 1.82) is 0 Å². The van der Waals surface area contributed by atoms with Crippen molar-refractivity contribution in [2.75, 3.05) is 0 Å². The first-order valence-electron chi connectivity index (χ1n) is 7.16. The zero-order valence-electron chi connectivity index (χ0n) is 11.7. The molecular formula is C17H22O2. The van der Waals surface area contributed by atoms with Crippen LogP contribution < -0.4 is 0 Å². The van der Waals surface area contributed by atoms with Gasteiger partial charge in [0.2, 0.25) is 0 Å². The highest BCUT2D eigenvalue weighted by molar-refractivity contribution is 5.90. The van der Waals surface area contributed by atoms with Gasteiger partial charge in [-0.1, -0.05) is 44.5 Å². The van der Waals surface area contributed by atoms with Gasteiger partial charge in [-0.3, -0.25) is 0 Å². The number of aliphatic carboxylic acids is 1. The second-order valence-corrected chi connectivity index (χ2v) is 5.50. The summed E-state index contributed by atoms with van der Waals surface area (Å²) < 4.78 is 0. The topological polar surface area (TPSA) is 37.3 Å². The average molecular weight is 258 g/mol. The van der Waals surface area contributed by atoms with Crippen LogP contribution in [-0.4, -0.2) is 11.1 Å². The molecule has 0 saturated heterocycles. The minimum atomic E-state index is -0.840. The fourth-order valence-corrected chi connectivity index (χ4v) is 2.53. The number of carboxylic acids is 1. The van der Waals surface area contributed by atoms with Crippen LogP contribution in [0.1, 0.15) is 56.6 Å². The monoisotopic (exact) mass is 258 g/mol. The van der Waals surface area contributed by atoms with Gasteiger partial charge in [-0.15, -0.1) is 0 Å².